The van der Waals surface area contributed by atoms with E-state index in [1.54, 1.807) is 6.07 Å². The molecule has 1 aromatic carbocycles. The highest BCUT2D eigenvalue weighted by Gasteiger charge is 2.17. The third-order valence-corrected chi connectivity index (χ3v) is 3.25. The Balaban J connectivity index is 2.69. The van der Waals surface area contributed by atoms with Crippen LogP contribution < -0.4 is 0 Å². The first kappa shape index (κ1) is 12.8. The maximum Gasteiger partial charge on any atom is 0.339 e. The second-order valence-corrected chi connectivity index (χ2v) is 4.90. The van der Waals surface area contributed by atoms with Crippen molar-refractivity contribution in [2.75, 3.05) is 0 Å². The molecule has 0 radical (unpaired) electrons. The molecule has 0 amide bonds. The van der Waals surface area contributed by atoms with Gasteiger partial charge in [-0.15, -0.1) is 0 Å². The molecule has 1 heterocycles. The van der Waals surface area contributed by atoms with Gasteiger partial charge in [0.1, 0.15) is 10.2 Å². The van der Waals surface area contributed by atoms with Gasteiger partial charge in [0.25, 0.3) is 0 Å². The van der Waals surface area contributed by atoms with Gasteiger partial charge in [0.15, 0.2) is 0 Å². The Labute approximate surface area is 114 Å². The van der Waals surface area contributed by atoms with Crippen LogP contribution >= 0.6 is 15.9 Å². The van der Waals surface area contributed by atoms with Crippen LogP contribution in [-0.4, -0.2) is 16.1 Å². The smallest absolute Gasteiger partial charge is 0.339 e. The van der Waals surface area contributed by atoms with Crippen molar-refractivity contribution in [3.63, 3.8) is 0 Å². The molecule has 3 nitrogen and oxygen atoms in total. The maximum atomic E-state index is 11.3. The quantitative estimate of drug-likeness (QED) is 0.858. The highest BCUT2D eigenvalue weighted by atomic mass is 79.9. The summed E-state index contributed by atoms with van der Waals surface area (Å²) in [5, 5.41) is 9.28. The lowest BCUT2D eigenvalue weighted by Crippen LogP contribution is -2.04. The van der Waals surface area contributed by atoms with Crippen molar-refractivity contribution < 1.29 is 9.90 Å². The molecule has 0 saturated heterocycles. The molecule has 0 spiro atoms. The van der Waals surface area contributed by atoms with Gasteiger partial charge in [-0.2, -0.15) is 0 Å². The number of carbonyl (C=O) groups is 1. The Bertz CT molecular complexity index is 606. The van der Waals surface area contributed by atoms with Crippen molar-refractivity contribution in [2.45, 2.75) is 13.8 Å². The second-order valence-electron chi connectivity index (χ2n) is 4.15. The van der Waals surface area contributed by atoms with E-state index in [1.807, 2.05) is 38.1 Å². The minimum absolute atomic E-state index is 0.199. The summed E-state index contributed by atoms with van der Waals surface area (Å²) in [6.45, 7) is 3.84. The minimum atomic E-state index is -0.982. The molecule has 0 aliphatic rings. The van der Waals surface area contributed by atoms with Gasteiger partial charge in [0.05, 0.1) is 0 Å². The Morgan fingerprint density at radius 1 is 1.22 bits per heavy atom. The molecule has 18 heavy (non-hydrogen) atoms. The lowest BCUT2D eigenvalue weighted by molar-refractivity contribution is 0.0696. The van der Waals surface area contributed by atoms with Gasteiger partial charge in [-0.25, -0.2) is 9.78 Å². The van der Waals surface area contributed by atoms with Crippen LogP contribution in [0.2, 0.25) is 0 Å². The van der Waals surface area contributed by atoms with Gasteiger partial charge in [-0.05, 0) is 41.4 Å². The fourth-order valence-electron chi connectivity index (χ4n) is 1.80. The van der Waals surface area contributed by atoms with E-state index in [1.165, 1.54) is 0 Å². The predicted molar refractivity (Wildman–Crippen MR) is 73.8 cm³/mol. The van der Waals surface area contributed by atoms with Crippen molar-refractivity contribution in [2.24, 2.45) is 0 Å². The molecule has 0 bridgehead atoms. The zero-order chi connectivity index (χ0) is 13.3. The Kier molecular flexibility index (Phi) is 3.48. The molecule has 0 fully saturated rings. The van der Waals surface area contributed by atoms with Gasteiger partial charge in [0, 0.05) is 11.3 Å². The van der Waals surface area contributed by atoms with Gasteiger partial charge in [0.2, 0.25) is 0 Å². The van der Waals surface area contributed by atoms with Crippen LogP contribution in [0.4, 0.5) is 0 Å². The van der Waals surface area contributed by atoms with Crippen molar-refractivity contribution >= 4 is 21.9 Å². The van der Waals surface area contributed by atoms with E-state index >= 15 is 0 Å². The van der Waals surface area contributed by atoms with Gasteiger partial charge >= 0.3 is 5.97 Å². The summed E-state index contributed by atoms with van der Waals surface area (Å²) < 4.78 is 0.366. The molecule has 0 aliphatic heterocycles. The first-order valence-electron chi connectivity index (χ1n) is 5.46. The molecule has 92 valence electrons. The first-order chi connectivity index (χ1) is 8.49. The summed E-state index contributed by atoms with van der Waals surface area (Å²) >= 11 is 3.22. The number of carboxylic acids is 1. The predicted octanol–water partition coefficient (Wildman–Crippen LogP) is 3.83. The zero-order valence-electron chi connectivity index (χ0n) is 10.1. The maximum absolute atomic E-state index is 11.3. The Morgan fingerprint density at radius 3 is 2.39 bits per heavy atom. The topological polar surface area (TPSA) is 50.2 Å². The van der Waals surface area contributed by atoms with Crippen molar-refractivity contribution in [1.29, 1.82) is 0 Å². The number of nitrogens with zero attached hydrogens (tertiary/aromatic N) is 1. The molecule has 2 aromatic rings. The van der Waals surface area contributed by atoms with E-state index in [-0.39, 0.29) is 5.56 Å². The van der Waals surface area contributed by atoms with Gasteiger partial charge in [-0.3, -0.25) is 0 Å². The van der Waals surface area contributed by atoms with Crippen LogP contribution in [0.25, 0.3) is 11.1 Å². The highest BCUT2D eigenvalue weighted by Crippen LogP contribution is 2.29. The molecule has 1 N–H and O–H groups in total. The third-order valence-electron chi connectivity index (χ3n) is 2.68. The van der Waals surface area contributed by atoms with Crippen molar-refractivity contribution in [1.82, 2.24) is 4.98 Å². The molecule has 4 heteroatoms. The average molecular weight is 306 g/mol. The van der Waals surface area contributed by atoms with E-state index in [4.69, 9.17) is 0 Å². The van der Waals surface area contributed by atoms with Crippen LogP contribution in [0.3, 0.4) is 0 Å². The number of pyridine rings is 1. The van der Waals surface area contributed by atoms with Gasteiger partial charge in [-0.1, -0.05) is 29.8 Å². The van der Waals surface area contributed by atoms with E-state index in [2.05, 4.69) is 20.9 Å². The molecule has 0 unspecified atom stereocenters. The van der Waals surface area contributed by atoms with Crippen molar-refractivity contribution in [3.8, 4) is 11.1 Å². The SMILES string of the molecule is Cc1ccc(-c2cc(C)nc(Br)c2C(=O)O)cc1. The number of carboxylic acid groups (broad SMARTS) is 1. The van der Waals surface area contributed by atoms with Crippen LogP contribution in [-0.2, 0) is 0 Å². The van der Waals surface area contributed by atoms with E-state index in [0.29, 0.717) is 10.2 Å². The van der Waals surface area contributed by atoms with Crippen LogP contribution in [0, 0.1) is 13.8 Å². The minimum Gasteiger partial charge on any atom is -0.478 e. The molecular weight excluding hydrogens is 294 g/mol. The fourth-order valence-corrected chi connectivity index (χ4v) is 2.46. The summed E-state index contributed by atoms with van der Waals surface area (Å²) in [4.78, 5) is 15.5. The lowest BCUT2D eigenvalue weighted by atomic mass is 10.00. The summed E-state index contributed by atoms with van der Waals surface area (Å²) in [5.41, 5.74) is 3.68. The zero-order valence-corrected chi connectivity index (χ0v) is 11.7. The standard InChI is InChI=1S/C14H12BrNO2/c1-8-3-5-10(6-4-8)11-7-9(2)16-13(15)12(11)14(17)18/h3-7H,1-2H3,(H,17,18). The summed E-state index contributed by atoms with van der Waals surface area (Å²) in [5.74, 6) is -0.982. The molecule has 2 rings (SSSR count). The number of hydrogen-bond acceptors (Lipinski definition) is 2. The summed E-state index contributed by atoms with van der Waals surface area (Å²) in [6.07, 6.45) is 0. The molecule has 0 atom stereocenters. The van der Waals surface area contributed by atoms with Crippen LogP contribution in [0.1, 0.15) is 21.6 Å². The summed E-state index contributed by atoms with van der Waals surface area (Å²) in [7, 11) is 0. The number of benzene rings is 1. The monoisotopic (exact) mass is 305 g/mol. The highest BCUT2D eigenvalue weighted by molar-refractivity contribution is 9.10. The fraction of sp³-hybridized carbons (Fsp3) is 0.143. The van der Waals surface area contributed by atoms with E-state index in [9.17, 15) is 9.90 Å². The molecule has 0 aliphatic carbocycles. The number of aromatic carboxylic acids is 1. The Morgan fingerprint density at radius 2 is 1.83 bits per heavy atom. The number of aromatic nitrogens is 1. The number of aryl methyl sites for hydroxylation is 2. The average Bonchev–Trinajstić information content (AvgIpc) is 2.28. The normalized spacial score (nSPS) is 10.4. The Hall–Kier alpha value is -1.68. The molecular formula is C14H12BrNO2. The molecule has 0 saturated carbocycles. The van der Waals surface area contributed by atoms with Crippen LogP contribution in [0.15, 0.2) is 34.9 Å². The van der Waals surface area contributed by atoms with E-state index in [0.717, 1.165) is 16.8 Å². The number of rotatable bonds is 2. The number of halogens is 1. The summed E-state index contributed by atoms with van der Waals surface area (Å²) in [6, 6.07) is 9.56. The van der Waals surface area contributed by atoms with Crippen LogP contribution in [0.5, 0.6) is 0 Å². The lowest BCUT2D eigenvalue weighted by Gasteiger charge is -2.09. The van der Waals surface area contributed by atoms with Crippen molar-refractivity contribution in [3.05, 3.63) is 51.8 Å². The third kappa shape index (κ3) is 2.43. The number of hydrogen-bond donors (Lipinski definition) is 1. The first-order valence-corrected chi connectivity index (χ1v) is 6.26. The largest absolute Gasteiger partial charge is 0.478 e. The second kappa shape index (κ2) is 4.90. The van der Waals surface area contributed by atoms with Gasteiger partial charge < -0.3 is 5.11 Å². The van der Waals surface area contributed by atoms with E-state index < -0.39 is 5.97 Å². The molecule has 1 aromatic heterocycles.